The van der Waals surface area contributed by atoms with Gasteiger partial charge < -0.3 is 10.6 Å². The predicted molar refractivity (Wildman–Crippen MR) is 120 cm³/mol. The maximum atomic E-state index is 13.0. The van der Waals surface area contributed by atoms with Gasteiger partial charge in [0.15, 0.2) is 0 Å². The number of rotatable bonds is 5. The summed E-state index contributed by atoms with van der Waals surface area (Å²) in [6.07, 6.45) is -2.35. The van der Waals surface area contributed by atoms with Crippen molar-refractivity contribution in [3.63, 3.8) is 0 Å². The lowest BCUT2D eigenvalue weighted by molar-refractivity contribution is -0.137. The Bertz CT molecular complexity index is 1270. The third-order valence-electron chi connectivity index (χ3n) is 4.42. The van der Waals surface area contributed by atoms with Crippen LogP contribution in [0.25, 0.3) is 5.69 Å². The van der Waals surface area contributed by atoms with Crippen molar-refractivity contribution in [2.24, 2.45) is 5.16 Å². The Hall–Kier alpha value is -2.89. The minimum atomic E-state index is -4.67. The first-order valence-corrected chi connectivity index (χ1v) is 11.3. The number of anilines is 1. The maximum Gasteiger partial charge on any atom is 0.416 e. The lowest BCUT2D eigenvalue weighted by Crippen LogP contribution is -2.09. The van der Waals surface area contributed by atoms with Crippen LogP contribution < -0.4 is 5.73 Å². The first-order valence-electron chi connectivity index (χ1n) is 9.00. The zero-order valence-electron chi connectivity index (χ0n) is 17.0. The molecule has 0 bridgehead atoms. The summed E-state index contributed by atoms with van der Waals surface area (Å²) in [7, 11) is -1.70. The molecule has 0 saturated heterocycles. The molecule has 13 heteroatoms. The van der Waals surface area contributed by atoms with Gasteiger partial charge in [-0.3, -0.25) is 4.21 Å². The molecule has 0 saturated carbocycles. The molecule has 1 aromatic heterocycles. The van der Waals surface area contributed by atoms with E-state index in [1.807, 2.05) is 0 Å². The van der Waals surface area contributed by atoms with Gasteiger partial charge in [-0.25, -0.2) is 9.48 Å². The van der Waals surface area contributed by atoms with Crippen LogP contribution in [0, 0.1) is 6.92 Å². The number of carbonyl (C=O) groups is 1. The number of nitrogen functional groups attached to an aromatic ring is 1. The summed E-state index contributed by atoms with van der Waals surface area (Å²) in [6, 6.07) is 8.03. The lowest BCUT2D eigenvalue weighted by atomic mass is 10.1. The fraction of sp³-hybridized carbons (Fsp3) is 0.150. The number of oxime groups is 1. The van der Waals surface area contributed by atoms with Gasteiger partial charge in [0, 0.05) is 6.26 Å². The predicted octanol–water partition coefficient (Wildman–Crippen LogP) is 5.02. The van der Waals surface area contributed by atoms with Crippen molar-refractivity contribution in [2.75, 3.05) is 12.0 Å². The Labute approximate surface area is 198 Å². The van der Waals surface area contributed by atoms with Crippen molar-refractivity contribution in [3.8, 4) is 5.69 Å². The highest BCUT2D eigenvalue weighted by molar-refractivity contribution is 7.84. The molecular formula is C20H15Cl2F3N4O3S. The van der Waals surface area contributed by atoms with Gasteiger partial charge in [-0.15, -0.1) is 0 Å². The maximum absolute atomic E-state index is 13.0. The molecule has 1 heterocycles. The minimum Gasteiger partial charge on any atom is -0.383 e. The topological polar surface area (TPSA) is 99.6 Å². The summed E-state index contributed by atoms with van der Waals surface area (Å²) in [5.41, 5.74) is 5.74. The SMILES string of the molecule is Cc1ccccc1C(=O)ON=Cc1nn(-c2c(Cl)cc(C(F)(F)F)cc2Cl)c(N)c1S(C)=O. The van der Waals surface area contributed by atoms with Crippen molar-refractivity contribution in [1.82, 2.24) is 9.78 Å². The average molecular weight is 519 g/mol. The normalized spacial score (nSPS) is 12.8. The molecule has 174 valence electrons. The average Bonchev–Trinajstić information content (AvgIpc) is 3.03. The van der Waals surface area contributed by atoms with Gasteiger partial charge in [-0.2, -0.15) is 18.3 Å². The van der Waals surface area contributed by atoms with Gasteiger partial charge in [0.25, 0.3) is 0 Å². The molecular weight excluding hydrogens is 504 g/mol. The van der Waals surface area contributed by atoms with Crippen LogP contribution in [0.2, 0.25) is 10.0 Å². The molecule has 0 fully saturated rings. The van der Waals surface area contributed by atoms with Crippen molar-refractivity contribution >= 4 is 52.0 Å². The van der Waals surface area contributed by atoms with E-state index in [9.17, 15) is 22.2 Å². The van der Waals surface area contributed by atoms with E-state index >= 15 is 0 Å². The van der Waals surface area contributed by atoms with Crippen LogP contribution >= 0.6 is 23.2 Å². The van der Waals surface area contributed by atoms with Crippen molar-refractivity contribution in [2.45, 2.75) is 18.0 Å². The molecule has 2 N–H and O–H groups in total. The number of aromatic nitrogens is 2. The number of benzene rings is 2. The number of nitrogens with zero attached hydrogens (tertiary/aromatic N) is 3. The van der Waals surface area contributed by atoms with Crippen LogP contribution in [-0.4, -0.2) is 32.4 Å². The Kier molecular flexibility index (Phi) is 7.15. The summed E-state index contributed by atoms with van der Waals surface area (Å²) in [5.74, 6) is -0.921. The number of carbonyl (C=O) groups excluding carboxylic acids is 1. The Morgan fingerprint density at radius 1 is 1.24 bits per heavy atom. The third-order valence-corrected chi connectivity index (χ3v) is 5.99. The highest BCUT2D eigenvalue weighted by atomic mass is 35.5. The first kappa shape index (κ1) is 24.7. The molecule has 3 aromatic rings. The van der Waals surface area contributed by atoms with E-state index in [0.717, 1.165) is 10.9 Å². The molecule has 33 heavy (non-hydrogen) atoms. The third kappa shape index (κ3) is 5.21. The van der Waals surface area contributed by atoms with Gasteiger partial charge in [0.2, 0.25) is 0 Å². The van der Waals surface area contributed by atoms with E-state index in [2.05, 4.69) is 10.3 Å². The summed E-state index contributed by atoms with van der Waals surface area (Å²) in [6.45, 7) is 1.72. The summed E-state index contributed by atoms with van der Waals surface area (Å²) < 4.78 is 52.3. The quantitative estimate of drug-likeness (QED) is 0.290. The second-order valence-corrected chi connectivity index (χ2v) is 8.81. The Morgan fingerprint density at radius 2 is 1.85 bits per heavy atom. The van der Waals surface area contributed by atoms with Crippen molar-refractivity contribution in [1.29, 1.82) is 0 Å². The first-order chi connectivity index (χ1) is 15.4. The molecule has 0 radical (unpaired) electrons. The molecule has 7 nitrogen and oxygen atoms in total. The van der Waals surface area contributed by atoms with Crippen LogP contribution in [0.1, 0.15) is 27.2 Å². The van der Waals surface area contributed by atoms with Gasteiger partial charge in [0.05, 0.1) is 38.2 Å². The van der Waals surface area contributed by atoms with Crippen LogP contribution in [-0.2, 0) is 21.8 Å². The zero-order valence-corrected chi connectivity index (χ0v) is 19.3. The van der Waals surface area contributed by atoms with Crippen LogP contribution in [0.3, 0.4) is 0 Å². The van der Waals surface area contributed by atoms with E-state index in [4.69, 9.17) is 33.8 Å². The molecule has 0 aliphatic heterocycles. The molecule has 1 atom stereocenters. The minimum absolute atomic E-state index is 0.00211. The lowest BCUT2D eigenvalue weighted by Gasteiger charge is -2.13. The van der Waals surface area contributed by atoms with E-state index in [1.54, 1.807) is 31.2 Å². The summed E-state index contributed by atoms with van der Waals surface area (Å²) in [5, 5.41) is 6.93. The summed E-state index contributed by atoms with van der Waals surface area (Å²) >= 11 is 12.1. The number of hydrogen-bond acceptors (Lipinski definition) is 6. The highest BCUT2D eigenvalue weighted by Gasteiger charge is 2.33. The van der Waals surface area contributed by atoms with Gasteiger partial charge in [0.1, 0.15) is 22.1 Å². The number of hydrogen-bond donors (Lipinski definition) is 1. The van der Waals surface area contributed by atoms with Gasteiger partial charge in [-0.05, 0) is 30.7 Å². The van der Waals surface area contributed by atoms with Crippen LogP contribution in [0.4, 0.5) is 19.0 Å². The number of aryl methyl sites for hydroxylation is 1. The van der Waals surface area contributed by atoms with E-state index < -0.39 is 28.5 Å². The van der Waals surface area contributed by atoms with Crippen LogP contribution in [0.15, 0.2) is 46.4 Å². The van der Waals surface area contributed by atoms with E-state index in [-0.39, 0.29) is 32.1 Å². The number of nitrogens with two attached hydrogens (primary N) is 1. The molecule has 0 aliphatic rings. The monoisotopic (exact) mass is 518 g/mol. The smallest absolute Gasteiger partial charge is 0.383 e. The number of halogens is 5. The van der Waals surface area contributed by atoms with Gasteiger partial charge >= 0.3 is 12.1 Å². The second-order valence-electron chi connectivity index (χ2n) is 6.68. The standard InChI is InChI=1S/C20H15Cl2F3N4O3S/c1-10-5-3-4-6-12(10)19(30)32-27-9-15-17(33(2)31)18(26)29(28-15)16-13(21)7-11(8-14(16)22)20(23,24)25/h3-9H,26H2,1-2H3. The molecule has 1 unspecified atom stereocenters. The zero-order chi connectivity index (χ0) is 24.5. The Morgan fingerprint density at radius 3 is 2.39 bits per heavy atom. The van der Waals surface area contributed by atoms with E-state index in [1.165, 1.54) is 6.26 Å². The molecule has 3 rings (SSSR count). The van der Waals surface area contributed by atoms with Crippen molar-refractivity contribution < 1.29 is 27.0 Å². The van der Waals surface area contributed by atoms with E-state index in [0.29, 0.717) is 23.3 Å². The molecule has 0 amide bonds. The van der Waals surface area contributed by atoms with Gasteiger partial charge in [-0.1, -0.05) is 46.6 Å². The van der Waals surface area contributed by atoms with Crippen LogP contribution in [0.5, 0.6) is 0 Å². The largest absolute Gasteiger partial charge is 0.416 e. The second kappa shape index (κ2) is 9.54. The molecule has 2 aromatic carbocycles. The number of alkyl halides is 3. The fourth-order valence-electron chi connectivity index (χ4n) is 2.89. The molecule has 0 spiro atoms. The van der Waals surface area contributed by atoms with Crippen molar-refractivity contribution in [3.05, 3.63) is 68.8 Å². The highest BCUT2D eigenvalue weighted by Crippen LogP contribution is 2.38. The summed E-state index contributed by atoms with van der Waals surface area (Å²) in [4.78, 5) is 17.1. The molecule has 0 aliphatic carbocycles. The Balaban J connectivity index is 2.00. The fourth-order valence-corrected chi connectivity index (χ4v) is 4.31.